The standard InChI is InChI=1S/C9H12ClN3O2S/c1-9(2)5-13(3-4-15-9)7(14)6-11-12-8(10)16-6/h3-5H2,1-2H3. The second kappa shape index (κ2) is 4.27. The molecule has 2 rings (SSSR count). The molecule has 2 heterocycles. The molecule has 5 nitrogen and oxygen atoms in total. The van der Waals surface area contributed by atoms with Crippen molar-refractivity contribution < 1.29 is 9.53 Å². The number of amides is 1. The maximum atomic E-state index is 12.0. The highest BCUT2D eigenvalue weighted by atomic mass is 35.5. The fraction of sp³-hybridized carbons (Fsp3) is 0.667. The number of hydrogen-bond acceptors (Lipinski definition) is 5. The van der Waals surface area contributed by atoms with Crippen molar-refractivity contribution in [1.29, 1.82) is 0 Å². The first kappa shape index (κ1) is 11.8. The number of aromatic nitrogens is 2. The SMILES string of the molecule is CC1(C)CN(C(=O)c2nnc(Cl)s2)CCO1. The van der Waals surface area contributed by atoms with E-state index in [0.717, 1.165) is 11.3 Å². The molecule has 1 saturated heterocycles. The largest absolute Gasteiger partial charge is 0.372 e. The minimum absolute atomic E-state index is 0.124. The molecule has 1 aromatic rings. The number of nitrogens with zero attached hydrogens (tertiary/aromatic N) is 3. The molecule has 0 N–H and O–H groups in total. The number of morpholine rings is 1. The van der Waals surface area contributed by atoms with Crippen molar-refractivity contribution in [3.63, 3.8) is 0 Å². The predicted molar refractivity (Wildman–Crippen MR) is 60.9 cm³/mol. The summed E-state index contributed by atoms with van der Waals surface area (Å²) >= 11 is 6.75. The van der Waals surface area contributed by atoms with Crippen molar-refractivity contribution in [2.24, 2.45) is 0 Å². The fourth-order valence-electron chi connectivity index (χ4n) is 1.62. The predicted octanol–water partition coefficient (Wildman–Crippen LogP) is 1.44. The van der Waals surface area contributed by atoms with Crippen LogP contribution in [-0.4, -0.2) is 46.3 Å². The van der Waals surface area contributed by atoms with E-state index < -0.39 is 0 Å². The van der Waals surface area contributed by atoms with Crippen LogP contribution in [0.4, 0.5) is 0 Å². The maximum absolute atomic E-state index is 12.0. The van der Waals surface area contributed by atoms with Crippen LogP contribution in [0.25, 0.3) is 0 Å². The molecular formula is C9H12ClN3O2S. The van der Waals surface area contributed by atoms with Gasteiger partial charge >= 0.3 is 0 Å². The minimum Gasteiger partial charge on any atom is -0.372 e. The Labute approximate surface area is 102 Å². The van der Waals surface area contributed by atoms with Gasteiger partial charge in [-0.1, -0.05) is 11.3 Å². The number of hydrogen-bond donors (Lipinski definition) is 0. The Morgan fingerprint density at radius 3 is 2.88 bits per heavy atom. The molecule has 0 aliphatic carbocycles. The van der Waals surface area contributed by atoms with Crippen molar-refractivity contribution in [3.05, 3.63) is 9.47 Å². The molecule has 1 fully saturated rings. The second-order valence-electron chi connectivity index (χ2n) is 4.20. The third-order valence-electron chi connectivity index (χ3n) is 2.30. The highest BCUT2D eigenvalue weighted by Crippen LogP contribution is 2.21. The molecule has 0 radical (unpaired) electrons. The zero-order valence-electron chi connectivity index (χ0n) is 9.07. The Morgan fingerprint density at radius 2 is 2.31 bits per heavy atom. The quantitative estimate of drug-likeness (QED) is 0.768. The zero-order chi connectivity index (χ0) is 11.8. The van der Waals surface area contributed by atoms with Crippen LogP contribution in [0.3, 0.4) is 0 Å². The van der Waals surface area contributed by atoms with Gasteiger partial charge in [-0.05, 0) is 25.4 Å². The Bertz CT molecular complexity index is 407. The van der Waals surface area contributed by atoms with Gasteiger partial charge in [0.15, 0.2) is 0 Å². The molecule has 0 spiro atoms. The van der Waals surface area contributed by atoms with Crippen LogP contribution < -0.4 is 0 Å². The van der Waals surface area contributed by atoms with Crippen LogP contribution in [0, 0.1) is 0 Å². The maximum Gasteiger partial charge on any atom is 0.285 e. The Hall–Kier alpha value is -0.720. The summed E-state index contributed by atoms with van der Waals surface area (Å²) in [5.41, 5.74) is -0.303. The number of carbonyl (C=O) groups excluding carboxylic acids is 1. The van der Waals surface area contributed by atoms with E-state index in [0.29, 0.717) is 24.7 Å². The summed E-state index contributed by atoms with van der Waals surface area (Å²) in [6.45, 7) is 5.60. The first-order valence-electron chi connectivity index (χ1n) is 4.90. The van der Waals surface area contributed by atoms with E-state index in [1.54, 1.807) is 4.90 Å². The van der Waals surface area contributed by atoms with Crippen molar-refractivity contribution in [1.82, 2.24) is 15.1 Å². The lowest BCUT2D eigenvalue weighted by atomic mass is 10.1. The summed E-state index contributed by atoms with van der Waals surface area (Å²) in [4.78, 5) is 13.7. The van der Waals surface area contributed by atoms with Gasteiger partial charge in [0, 0.05) is 13.1 Å². The molecule has 0 bridgehead atoms. The van der Waals surface area contributed by atoms with Crippen molar-refractivity contribution in [2.75, 3.05) is 19.7 Å². The summed E-state index contributed by atoms with van der Waals surface area (Å²) in [5, 5.41) is 7.70. The monoisotopic (exact) mass is 261 g/mol. The van der Waals surface area contributed by atoms with Gasteiger partial charge in [0.2, 0.25) is 9.47 Å². The van der Waals surface area contributed by atoms with Gasteiger partial charge < -0.3 is 9.64 Å². The molecule has 88 valence electrons. The van der Waals surface area contributed by atoms with Gasteiger partial charge in [-0.2, -0.15) is 0 Å². The smallest absolute Gasteiger partial charge is 0.285 e. The number of ether oxygens (including phenoxy) is 1. The average Bonchev–Trinajstić information content (AvgIpc) is 2.62. The lowest BCUT2D eigenvalue weighted by molar-refractivity contribution is -0.0764. The molecule has 16 heavy (non-hydrogen) atoms. The van der Waals surface area contributed by atoms with Gasteiger partial charge in [0.25, 0.3) is 5.91 Å². The van der Waals surface area contributed by atoms with Gasteiger partial charge in [0.1, 0.15) is 0 Å². The fourth-order valence-corrected chi connectivity index (χ4v) is 2.41. The second-order valence-corrected chi connectivity index (χ2v) is 5.75. The highest BCUT2D eigenvalue weighted by molar-refractivity contribution is 7.17. The molecule has 1 amide bonds. The normalized spacial score (nSPS) is 19.8. The summed E-state index contributed by atoms with van der Waals surface area (Å²) in [5.74, 6) is -0.124. The third-order valence-corrected chi connectivity index (χ3v) is 3.30. The average molecular weight is 262 g/mol. The molecule has 1 aliphatic rings. The summed E-state index contributed by atoms with van der Waals surface area (Å²) in [6, 6.07) is 0. The summed E-state index contributed by atoms with van der Waals surface area (Å²) in [7, 11) is 0. The molecule has 0 unspecified atom stereocenters. The molecule has 0 aromatic carbocycles. The lowest BCUT2D eigenvalue weighted by Gasteiger charge is -2.37. The molecule has 7 heteroatoms. The minimum atomic E-state index is -0.303. The molecule has 1 aromatic heterocycles. The Morgan fingerprint density at radius 1 is 1.56 bits per heavy atom. The Balaban J connectivity index is 2.10. The van der Waals surface area contributed by atoms with E-state index in [1.807, 2.05) is 13.8 Å². The van der Waals surface area contributed by atoms with Crippen LogP contribution in [0.15, 0.2) is 0 Å². The molecule has 0 saturated carbocycles. The first-order chi connectivity index (χ1) is 7.48. The lowest BCUT2D eigenvalue weighted by Crippen LogP contribution is -2.50. The van der Waals surface area contributed by atoms with Crippen molar-refractivity contribution >= 4 is 28.8 Å². The van der Waals surface area contributed by atoms with E-state index in [-0.39, 0.29) is 16.0 Å². The Kier molecular flexibility index (Phi) is 3.14. The van der Waals surface area contributed by atoms with E-state index in [4.69, 9.17) is 16.3 Å². The number of halogens is 1. The summed E-state index contributed by atoms with van der Waals surface area (Å²) < 4.78 is 5.82. The van der Waals surface area contributed by atoms with E-state index in [9.17, 15) is 4.79 Å². The van der Waals surface area contributed by atoms with Crippen LogP contribution in [0.5, 0.6) is 0 Å². The third kappa shape index (κ3) is 2.50. The van der Waals surface area contributed by atoms with Crippen molar-refractivity contribution in [2.45, 2.75) is 19.4 Å². The molecule has 1 aliphatic heterocycles. The van der Waals surface area contributed by atoms with Crippen LogP contribution in [-0.2, 0) is 4.74 Å². The van der Waals surface area contributed by atoms with Crippen molar-refractivity contribution in [3.8, 4) is 0 Å². The zero-order valence-corrected chi connectivity index (χ0v) is 10.6. The van der Waals surface area contributed by atoms with Crippen LogP contribution in [0.2, 0.25) is 4.47 Å². The van der Waals surface area contributed by atoms with Gasteiger partial charge in [0.05, 0.1) is 12.2 Å². The van der Waals surface area contributed by atoms with Gasteiger partial charge in [-0.15, -0.1) is 10.2 Å². The topological polar surface area (TPSA) is 55.3 Å². The van der Waals surface area contributed by atoms with Crippen LogP contribution >= 0.6 is 22.9 Å². The molecular weight excluding hydrogens is 250 g/mol. The number of carbonyl (C=O) groups is 1. The van der Waals surface area contributed by atoms with Crippen LogP contribution in [0.1, 0.15) is 23.6 Å². The van der Waals surface area contributed by atoms with E-state index in [1.165, 1.54) is 0 Å². The van der Waals surface area contributed by atoms with Gasteiger partial charge in [-0.25, -0.2) is 0 Å². The summed E-state index contributed by atoms with van der Waals surface area (Å²) in [6.07, 6.45) is 0. The highest BCUT2D eigenvalue weighted by Gasteiger charge is 2.31. The first-order valence-corrected chi connectivity index (χ1v) is 6.10. The molecule has 0 atom stereocenters. The van der Waals surface area contributed by atoms with Gasteiger partial charge in [-0.3, -0.25) is 4.79 Å². The van der Waals surface area contributed by atoms with E-state index >= 15 is 0 Å². The number of rotatable bonds is 1. The van der Waals surface area contributed by atoms with E-state index in [2.05, 4.69) is 10.2 Å².